The fourth-order valence-electron chi connectivity index (χ4n) is 2.89. The smallest absolute Gasteiger partial charge is 0.250 e. The van der Waals surface area contributed by atoms with Gasteiger partial charge in [0, 0.05) is 17.4 Å². The number of hydrogen-bond acceptors (Lipinski definition) is 7. The van der Waals surface area contributed by atoms with Gasteiger partial charge in [-0.05, 0) is 48.5 Å². The first kappa shape index (κ1) is 21.3. The lowest BCUT2D eigenvalue weighted by molar-refractivity contribution is -0.118. The van der Waals surface area contributed by atoms with Crippen molar-refractivity contribution < 1.29 is 9.53 Å². The van der Waals surface area contributed by atoms with E-state index in [0.717, 1.165) is 17.0 Å². The fraction of sp³-hybridized carbons (Fsp3) is 0.0870. The quantitative estimate of drug-likeness (QED) is 0.254. The molecule has 8 nitrogen and oxygen atoms in total. The van der Waals surface area contributed by atoms with Crippen molar-refractivity contribution in [1.82, 2.24) is 25.2 Å². The molecular weight excluding hydrogens is 424 g/mol. The molecule has 4 rings (SSSR count). The lowest BCUT2D eigenvalue weighted by atomic mass is 10.2. The lowest BCUT2D eigenvalue weighted by Crippen LogP contribution is -2.20. The Kier molecular flexibility index (Phi) is 6.88. The van der Waals surface area contributed by atoms with Gasteiger partial charge in [0.1, 0.15) is 5.75 Å². The summed E-state index contributed by atoms with van der Waals surface area (Å²) in [6, 6.07) is 22.8. The summed E-state index contributed by atoms with van der Waals surface area (Å²) in [7, 11) is 1.63. The van der Waals surface area contributed by atoms with Crippen LogP contribution >= 0.6 is 11.8 Å². The molecule has 0 radical (unpaired) electrons. The third-order valence-corrected chi connectivity index (χ3v) is 5.33. The predicted molar refractivity (Wildman–Crippen MR) is 124 cm³/mol. The molecule has 2 aromatic heterocycles. The minimum absolute atomic E-state index is 0.132. The summed E-state index contributed by atoms with van der Waals surface area (Å²) in [6.07, 6.45) is 3.16. The summed E-state index contributed by atoms with van der Waals surface area (Å²) < 4.78 is 7.17. The largest absolute Gasteiger partial charge is 0.497 e. The van der Waals surface area contributed by atoms with Crippen LogP contribution in [-0.2, 0) is 4.79 Å². The van der Waals surface area contributed by atoms with Gasteiger partial charge in [-0.15, -0.1) is 10.2 Å². The molecule has 0 aliphatic carbocycles. The first-order valence-corrected chi connectivity index (χ1v) is 10.7. The van der Waals surface area contributed by atoms with Crippen LogP contribution in [0.1, 0.15) is 5.69 Å². The molecule has 1 N–H and O–H groups in total. The van der Waals surface area contributed by atoms with Crippen LogP contribution in [0.4, 0.5) is 0 Å². The average Bonchev–Trinajstić information content (AvgIpc) is 3.28. The van der Waals surface area contributed by atoms with E-state index in [0.29, 0.717) is 16.7 Å². The average molecular weight is 445 g/mol. The van der Waals surface area contributed by atoms with E-state index in [-0.39, 0.29) is 11.7 Å². The summed E-state index contributed by atoms with van der Waals surface area (Å²) in [4.78, 5) is 16.4. The van der Waals surface area contributed by atoms with Crippen LogP contribution in [0, 0.1) is 0 Å². The summed E-state index contributed by atoms with van der Waals surface area (Å²) in [6.45, 7) is 0. The van der Waals surface area contributed by atoms with E-state index in [1.807, 2.05) is 71.3 Å². The molecule has 32 heavy (non-hydrogen) atoms. The number of hydrazone groups is 1. The van der Waals surface area contributed by atoms with Crippen molar-refractivity contribution >= 4 is 23.9 Å². The van der Waals surface area contributed by atoms with E-state index in [2.05, 4.69) is 25.7 Å². The molecule has 160 valence electrons. The van der Waals surface area contributed by atoms with E-state index in [1.165, 1.54) is 18.0 Å². The van der Waals surface area contributed by atoms with Crippen molar-refractivity contribution in [2.75, 3.05) is 12.9 Å². The Labute approximate surface area is 189 Å². The Morgan fingerprint density at radius 3 is 2.56 bits per heavy atom. The number of nitrogens with one attached hydrogen (secondary N) is 1. The van der Waals surface area contributed by atoms with Crippen LogP contribution < -0.4 is 10.2 Å². The van der Waals surface area contributed by atoms with Crippen LogP contribution in [0.3, 0.4) is 0 Å². The number of rotatable bonds is 8. The minimum atomic E-state index is -0.254. The second-order valence-corrected chi connectivity index (χ2v) is 7.48. The normalized spacial score (nSPS) is 10.9. The number of carbonyl (C=O) groups is 1. The molecule has 0 unspecified atom stereocenters. The van der Waals surface area contributed by atoms with E-state index < -0.39 is 0 Å². The number of methoxy groups -OCH3 is 1. The monoisotopic (exact) mass is 444 g/mol. The molecule has 9 heteroatoms. The second-order valence-electron chi connectivity index (χ2n) is 6.54. The highest BCUT2D eigenvalue weighted by molar-refractivity contribution is 7.99. The molecule has 0 aliphatic heterocycles. The lowest BCUT2D eigenvalue weighted by Gasteiger charge is -2.10. The van der Waals surface area contributed by atoms with Crippen molar-refractivity contribution in [1.29, 1.82) is 0 Å². The molecule has 4 aromatic rings. The number of hydrogen-bond donors (Lipinski definition) is 1. The number of benzene rings is 2. The molecule has 0 atom stereocenters. The maximum Gasteiger partial charge on any atom is 0.250 e. The maximum absolute atomic E-state index is 12.3. The third kappa shape index (κ3) is 5.19. The SMILES string of the molecule is COc1ccc(-c2nnc(SCC(=O)NN=Cc3ccccn3)n2-c2ccccc2)cc1. The van der Waals surface area contributed by atoms with Gasteiger partial charge in [0.2, 0.25) is 0 Å². The molecular formula is C23H20N6O2S. The first-order chi connectivity index (χ1) is 15.7. The maximum atomic E-state index is 12.3. The summed E-state index contributed by atoms with van der Waals surface area (Å²) in [5.41, 5.74) is 4.96. The van der Waals surface area contributed by atoms with Gasteiger partial charge in [-0.1, -0.05) is 36.0 Å². The molecule has 0 aliphatic rings. The van der Waals surface area contributed by atoms with Gasteiger partial charge in [0.15, 0.2) is 11.0 Å². The van der Waals surface area contributed by atoms with Gasteiger partial charge in [-0.3, -0.25) is 14.3 Å². The number of carbonyl (C=O) groups excluding carboxylic acids is 1. The summed E-state index contributed by atoms with van der Waals surface area (Å²) in [5, 5.41) is 13.3. The van der Waals surface area contributed by atoms with Crippen LogP contribution in [-0.4, -0.2) is 44.7 Å². The van der Waals surface area contributed by atoms with E-state index >= 15 is 0 Å². The topological polar surface area (TPSA) is 94.3 Å². The van der Waals surface area contributed by atoms with Crippen molar-refractivity contribution in [2.45, 2.75) is 5.16 Å². The number of amides is 1. The van der Waals surface area contributed by atoms with Gasteiger partial charge < -0.3 is 4.74 Å². The fourth-order valence-corrected chi connectivity index (χ4v) is 3.63. The molecule has 2 aromatic carbocycles. The molecule has 1 amide bonds. The van der Waals surface area contributed by atoms with Gasteiger partial charge >= 0.3 is 0 Å². The standard InChI is InChI=1S/C23H20N6O2S/c1-31-20-12-10-17(11-13-20)22-27-28-23(29(22)19-8-3-2-4-9-19)32-16-21(30)26-25-15-18-7-5-6-14-24-18/h2-15H,16H2,1H3,(H,26,30). The molecule has 0 spiro atoms. The first-order valence-electron chi connectivity index (χ1n) is 9.75. The third-order valence-electron chi connectivity index (χ3n) is 4.40. The Bertz CT molecular complexity index is 1190. The van der Waals surface area contributed by atoms with Crippen LogP contribution in [0.25, 0.3) is 17.1 Å². The molecule has 0 saturated heterocycles. The van der Waals surface area contributed by atoms with Crippen LogP contribution in [0.2, 0.25) is 0 Å². The number of ether oxygens (including phenoxy) is 1. The zero-order valence-corrected chi connectivity index (χ0v) is 18.1. The van der Waals surface area contributed by atoms with E-state index in [1.54, 1.807) is 19.4 Å². The minimum Gasteiger partial charge on any atom is -0.497 e. The van der Waals surface area contributed by atoms with Crippen molar-refractivity contribution in [3.05, 3.63) is 84.7 Å². The molecule has 0 saturated carbocycles. The molecule has 0 fully saturated rings. The Balaban J connectivity index is 1.51. The van der Waals surface area contributed by atoms with Crippen molar-refractivity contribution in [2.24, 2.45) is 5.10 Å². The number of pyridine rings is 1. The van der Waals surface area contributed by atoms with Gasteiger partial charge in [0.25, 0.3) is 5.91 Å². The van der Waals surface area contributed by atoms with E-state index in [4.69, 9.17) is 4.74 Å². The number of aromatic nitrogens is 4. The van der Waals surface area contributed by atoms with Crippen LogP contribution in [0.5, 0.6) is 5.75 Å². The van der Waals surface area contributed by atoms with Crippen LogP contribution in [0.15, 0.2) is 89.3 Å². The zero-order valence-electron chi connectivity index (χ0n) is 17.3. The highest BCUT2D eigenvalue weighted by Crippen LogP contribution is 2.28. The molecule has 0 bridgehead atoms. The summed E-state index contributed by atoms with van der Waals surface area (Å²) >= 11 is 1.28. The number of thioether (sulfide) groups is 1. The Morgan fingerprint density at radius 2 is 1.84 bits per heavy atom. The molecule has 2 heterocycles. The van der Waals surface area contributed by atoms with Gasteiger partial charge in [-0.25, -0.2) is 5.43 Å². The van der Waals surface area contributed by atoms with Crippen molar-refractivity contribution in [3.8, 4) is 22.8 Å². The second kappa shape index (κ2) is 10.4. The predicted octanol–water partition coefficient (Wildman–Crippen LogP) is 3.58. The number of nitrogens with zero attached hydrogens (tertiary/aromatic N) is 5. The van der Waals surface area contributed by atoms with Gasteiger partial charge in [-0.2, -0.15) is 5.10 Å². The Morgan fingerprint density at radius 1 is 1.06 bits per heavy atom. The van der Waals surface area contributed by atoms with Gasteiger partial charge in [0.05, 0.1) is 24.8 Å². The Hall–Kier alpha value is -3.98. The zero-order chi connectivity index (χ0) is 22.2. The van der Waals surface area contributed by atoms with E-state index in [9.17, 15) is 4.79 Å². The summed E-state index contributed by atoms with van der Waals surface area (Å²) in [5.74, 6) is 1.32. The number of para-hydroxylation sites is 1. The highest BCUT2D eigenvalue weighted by atomic mass is 32.2. The highest BCUT2D eigenvalue weighted by Gasteiger charge is 2.17. The van der Waals surface area contributed by atoms with Crippen molar-refractivity contribution in [3.63, 3.8) is 0 Å².